The average molecular weight is 277 g/mol. The number of carbonyl (C=O) groups is 1. The number of nitrogens with one attached hydrogen (secondary N) is 2. The summed E-state index contributed by atoms with van der Waals surface area (Å²) in [4.78, 5) is 16.1. The Bertz CT molecular complexity index is 646. The van der Waals surface area contributed by atoms with E-state index < -0.39 is 0 Å². The number of pyridine rings is 1. The van der Waals surface area contributed by atoms with E-state index in [0.29, 0.717) is 22.7 Å². The molecule has 0 aliphatic heterocycles. The molecular formula is C12H15N5OS. The van der Waals surface area contributed by atoms with Crippen LogP contribution in [-0.4, -0.2) is 25.7 Å². The van der Waals surface area contributed by atoms with Crippen LogP contribution in [0.1, 0.15) is 28.7 Å². The summed E-state index contributed by atoms with van der Waals surface area (Å²) in [6.45, 7) is 2.32. The number of carbonyl (C=O) groups excluding carboxylic acids is 1. The summed E-state index contributed by atoms with van der Waals surface area (Å²) in [5.74, 6) is 0.554. The lowest BCUT2D eigenvalue weighted by Gasteiger charge is -2.07. The highest BCUT2D eigenvalue weighted by Gasteiger charge is 2.11. The van der Waals surface area contributed by atoms with Gasteiger partial charge in [-0.05, 0) is 30.3 Å². The third kappa shape index (κ3) is 2.87. The van der Waals surface area contributed by atoms with E-state index in [-0.39, 0.29) is 5.91 Å². The molecule has 2 N–H and O–H groups in total. The van der Waals surface area contributed by atoms with Crippen LogP contribution in [0.5, 0.6) is 0 Å². The molecule has 0 fully saturated rings. The van der Waals surface area contributed by atoms with Crippen LogP contribution < -0.4 is 5.32 Å². The second-order valence-electron chi connectivity index (χ2n) is 4.07. The third-order valence-corrected chi connectivity index (χ3v) is 3.27. The Morgan fingerprint density at radius 1 is 1.58 bits per heavy atom. The zero-order valence-corrected chi connectivity index (χ0v) is 11.6. The quantitative estimate of drug-likeness (QED) is 0.828. The van der Waals surface area contributed by atoms with Crippen molar-refractivity contribution in [3.05, 3.63) is 40.2 Å². The van der Waals surface area contributed by atoms with Crippen molar-refractivity contribution in [1.29, 1.82) is 0 Å². The molecule has 1 amide bonds. The number of H-pyrrole nitrogens is 1. The molecule has 100 valence electrons. The number of amides is 1. The smallest absolute Gasteiger partial charge is 0.252 e. The predicted molar refractivity (Wildman–Crippen MR) is 73.2 cm³/mol. The molecule has 0 bridgehead atoms. The van der Waals surface area contributed by atoms with Crippen LogP contribution in [0.25, 0.3) is 0 Å². The van der Waals surface area contributed by atoms with E-state index in [4.69, 9.17) is 12.2 Å². The highest BCUT2D eigenvalue weighted by Crippen LogP contribution is 2.07. The van der Waals surface area contributed by atoms with Crippen molar-refractivity contribution < 1.29 is 4.79 Å². The van der Waals surface area contributed by atoms with Crippen LogP contribution in [-0.2, 0) is 20.0 Å². The molecule has 2 aromatic heterocycles. The number of rotatable bonds is 4. The van der Waals surface area contributed by atoms with Gasteiger partial charge < -0.3 is 9.88 Å². The van der Waals surface area contributed by atoms with Gasteiger partial charge in [-0.25, -0.2) is 0 Å². The van der Waals surface area contributed by atoms with Gasteiger partial charge in [0.1, 0.15) is 0 Å². The lowest BCUT2D eigenvalue weighted by atomic mass is 10.1. The Kier molecular flexibility index (Phi) is 4.06. The number of nitrogens with zero attached hydrogens (tertiary/aromatic N) is 3. The van der Waals surface area contributed by atoms with Crippen molar-refractivity contribution in [3.63, 3.8) is 0 Å². The van der Waals surface area contributed by atoms with Crippen molar-refractivity contribution >= 4 is 18.1 Å². The van der Waals surface area contributed by atoms with Crippen LogP contribution in [0.2, 0.25) is 0 Å². The van der Waals surface area contributed by atoms with Gasteiger partial charge in [-0.3, -0.25) is 14.9 Å². The molecule has 0 radical (unpaired) electrons. The molecule has 0 unspecified atom stereocenters. The third-order valence-electron chi connectivity index (χ3n) is 2.91. The molecular weight excluding hydrogens is 262 g/mol. The fraction of sp³-hybridized carbons (Fsp3) is 0.333. The van der Waals surface area contributed by atoms with Gasteiger partial charge in [0, 0.05) is 25.0 Å². The Morgan fingerprint density at radius 3 is 3.00 bits per heavy atom. The van der Waals surface area contributed by atoms with Gasteiger partial charge in [0.25, 0.3) is 5.91 Å². The summed E-state index contributed by atoms with van der Waals surface area (Å²) in [6.07, 6.45) is 4.10. The normalized spacial score (nSPS) is 10.4. The van der Waals surface area contributed by atoms with Gasteiger partial charge in [-0.15, -0.1) is 0 Å². The lowest BCUT2D eigenvalue weighted by Crippen LogP contribution is -2.25. The molecule has 0 aliphatic carbocycles. The fourth-order valence-corrected chi connectivity index (χ4v) is 1.87. The first-order valence-electron chi connectivity index (χ1n) is 5.94. The Morgan fingerprint density at radius 2 is 2.37 bits per heavy atom. The van der Waals surface area contributed by atoms with Crippen LogP contribution in [0.3, 0.4) is 0 Å². The van der Waals surface area contributed by atoms with Crippen LogP contribution in [0.15, 0.2) is 18.5 Å². The van der Waals surface area contributed by atoms with E-state index in [2.05, 4.69) is 20.5 Å². The first kappa shape index (κ1) is 13.4. The summed E-state index contributed by atoms with van der Waals surface area (Å²) in [5, 5.41) is 9.55. The number of aromatic nitrogens is 4. The van der Waals surface area contributed by atoms with Crippen molar-refractivity contribution in [2.45, 2.75) is 19.9 Å². The molecule has 2 aromatic rings. The predicted octanol–water partition coefficient (Wildman–Crippen LogP) is 1.37. The summed E-state index contributed by atoms with van der Waals surface area (Å²) < 4.78 is 2.26. The summed E-state index contributed by atoms with van der Waals surface area (Å²) in [5.41, 5.74) is 1.57. The molecule has 0 saturated heterocycles. The number of aryl methyl sites for hydroxylation is 1. The molecule has 0 atom stereocenters. The maximum absolute atomic E-state index is 12.1. The zero-order valence-electron chi connectivity index (χ0n) is 10.8. The molecule has 0 aromatic carbocycles. The Labute approximate surface area is 115 Å². The highest BCUT2D eigenvalue weighted by molar-refractivity contribution is 7.71. The fourth-order valence-electron chi connectivity index (χ4n) is 1.72. The molecule has 2 heterocycles. The van der Waals surface area contributed by atoms with Gasteiger partial charge in [0.2, 0.25) is 0 Å². The zero-order chi connectivity index (χ0) is 13.8. The standard InChI is InChI=1S/C12H15N5OS/c1-3-8-6-13-5-4-9(8)11(18)14-7-10-15-16-12(19)17(10)2/h4-6H,3,7H2,1-2H3,(H,14,18)(H,16,19). The summed E-state index contributed by atoms with van der Waals surface area (Å²) in [6, 6.07) is 1.72. The second-order valence-corrected chi connectivity index (χ2v) is 4.46. The molecule has 6 nitrogen and oxygen atoms in total. The molecule has 7 heteroatoms. The van der Waals surface area contributed by atoms with E-state index in [1.807, 2.05) is 6.92 Å². The maximum atomic E-state index is 12.1. The van der Waals surface area contributed by atoms with Gasteiger partial charge in [-0.1, -0.05) is 6.92 Å². The Balaban J connectivity index is 2.10. The summed E-state index contributed by atoms with van der Waals surface area (Å²) in [7, 11) is 1.80. The van der Waals surface area contributed by atoms with Crippen molar-refractivity contribution in [3.8, 4) is 0 Å². The van der Waals surface area contributed by atoms with E-state index in [1.54, 1.807) is 30.1 Å². The largest absolute Gasteiger partial charge is 0.345 e. The Hall–Kier alpha value is -2.02. The number of hydrogen-bond acceptors (Lipinski definition) is 4. The van der Waals surface area contributed by atoms with Crippen molar-refractivity contribution in [2.75, 3.05) is 0 Å². The van der Waals surface area contributed by atoms with Crippen LogP contribution in [0.4, 0.5) is 0 Å². The minimum atomic E-state index is -0.131. The first-order chi connectivity index (χ1) is 9.13. The minimum Gasteiger partial charge on any atom is -0.345 e. The number of hydrogen-bond donors (Lipinski definition) is 2. The molecule has 0 saturated carbocycles. The van der Waals surface area contributed by atoms with Crippen LogP contribution >= 0.6 is 12.2 Å². The second kappa shape index (κ2) is 5.75. The van der Waals surface area contributed by atoms with Gasteiger partial charge in [0.05, 0.1) is 6.54 Å². The average Bonchev–Trinajstić information content (AvgIpc) is 2.76. The van der Waals surface area contributed by atoms with Gasteiger partial charge in [-0.2, -0.15) is 5.10 Å². The topological polar surface area (TPSA) is 75.6 Å². The van der Waals surface area contributed by atoms with Crippen LogP contribution in [0, 0.1) is 4.77 Å². The molecule has 2 rings (SSSR count). The maximum Gasteiger partial charge on any atom is 0.252 e. The monoisotopic (exact) mass is 277 g/mol. The van der Waals surface area contributed by atoms with Gasteiger partial charge >= 0.3 is 0 Å². The van der Waals surface area contributed by atoms with E-state index in [1.165, 1.54) is 0 Å². The van der Waals surface area contributed by atoms with E-state index in [0.717, 1.165) is 12.0 Å². The molecule has 19 heavy (non-hydrogen) atoms. The highest BCUT2D eigenvalue weighted by atomic mass is 32.1. The minimum absolute atomic E-state index is 0.131. The SMILES string of the molecule is CCc1cnccc1C(=O)NCc1n[nH]c(=S)n1C. The van der Waals surface area contributed by atoms with Crippen molar-refractivity contribution in [2.24, 2.45) is 7.05 Å². The van der Waals surface area contributed by atoms with Crippen molar-refractivity contribution in [1.82, 2.24) is 25.1 Å². The number of aromatic amines is 1. The molecule has 0 aliphatic rings. The van der Waals surface area contributed by atoms with Gasteiger partial charge in [0.15, 0.2) is 10.6 Å². The van der Waals surface area contributed by atoms with E-state index >= 15 is 0 Å². The van der Waals surface area contributed by atoms with E-state index in [9.17, 15) is 4.79 Å². The molecule has 0 spiro atoms. The lowest BCUT2D eigenvalue weighted by molar-refractivity contribution is 0.0948. The first-order valence-corrected chi connectivity index (χ1v) is 6.35. The summed E-state index contributed by atoms with van der Waals surface area (Å²) >= 11 is 5.01.